The van der Waals surface area contributed by atoms with Crippen molar-refractivity contribution in [2.75, 3.05) is 7.11 Å². The minimum absolute atomic E-state index is 0.106. The summed E-state index contributed by atoms with van der Waals surface area (Å²) in [5.41, 5.74) is 1.24. The molecule has 1 heterocycles. The molecule has 0 amide bonds. The van der Waals surface area contributed by atoms with Crippen molar-refractivity contribution in [3.63, 3.8) is 0 Å². The van der Waals surface area contributed by atoms with E-state index >= 15 is 0 Å². The van der Waals surface area contributed by atoms with E-state index in [1.807, 2.05) is 0 Å². The summed E-state index contributed by atoms with van der Waals surface area (Å²) in [6, 6.07) is 8.53. The van der Waals surface area contributed by atoms with Crippen LogP contribution in [0, 0.1) is 0 Å². The molecule has 10 nitrogen and oxygen atoms in total. The van der Waals surface area contributed by atoms with Crippen molar-refractivity contribution < 1.29 is 47.6 Å². The molecule has 0 N–H and O–H groups in total. The second-order valence-electron chi connectivity index (χ2n) is 27.3. The SMILES string of the molecule is CC/C=C\C/C=C\C/C=C\CCCCCCCC(=O)Oc1cc(OC)c2c(c1)OC(c1ccc(OC(=O)CCCCCCC/C=C\CCCCCCCC)c(OC(=O)CCCCCCC/C=C\CCCCCCCC)c1)C(OC(=O)CCCCCCC/C=C\C/C=C\CCCCC)C2. The highest BCUT2D eigenvalue weighted by atomic mass is 16.6. The number of esters is 4. The van der Waals surface area contributed by atoms with Crippen LogP contribution < -0.4 is 23.7 Å². The van der Waals surface area contributed by atoms with Gasteiger partial charge in [0.15, 0.2) is 17.6 Å². The molecule has 2 aromatic rings. The number of unbranched alkanes of at least 4 members (excludes halogenated alkanes) is 35. The van der Waals surface area contributed by atoms with Crippen molar-refractivity contribution >= 4 is 23.9 Å². The second-order valence-corrected chi connectivity index (χ2v) is 27.3. The Morgan fingerprint density at radius 2 is 0.714 bits per heavy atom. The van der Waals surface area contributed by atoms with E-state index in [1.165, 1.54) is 103 Å². The lowest BCUT2D eigenvalue weighted by Gasteiger charge is -2.34. The van der Waals surface area contributed by atoms with E-state index < -0.39 is 24.1 Å². The number of methoxy groups -OCH3 is 1. The van der Waals surface area contributed by atoms with Crippen LogP contribution in [0.1, 0.15) is 366 Å². The number of allylic oxidation sites excluding steroid dienone is 14. The molecule has 0 radical (unpaired) electrons. The molecule has 0 aliphatic carbocycles. The van der Waals surface area contributed by atoms with Crippen LogP contribution in [0.5, 0.6) is 28.7 Å². The lowest BCUT2D eigenvalue weighted by atomic mass is 9.93. The van der Waals surface area contributed by atoms with Gasteiger partial charge in [0.05, 0.1) is 7.11 Å². The van der Waals surface area contributed by atoms with Crippen LogP contribution in [-0.2, 0) is 30.3 Å². The van der Waals surface area contributed by atoms with Crippen molar-refractivity contribution in [2.24, 2.45) is 0 Å². The number of hydrogen-bond acceptors (Lipinski definition) is 10. The standard InChI is InChI=1S/C88H138O10/c1-6-10-14-18-22-26-30-34-38-42-46-50-54-58-62-66-84(89)94-77-73-80(93-5)78-75-83(97-87(92)69-65-61-57-53-49-45-41-37-33-29-25-21-17-13-9-4)88(98-81(78)74-77)76-70-71-79(95-85(90)67-63-59-55-51-47-43-39-35-31-27-23-19-15-11-7-2)82(72-76)96-86(91)68-64-60-56-52-48-44-40-36-32-28-24-20-16-12-8-3/h10,14,22,25-26,29,34-41,70-74,83,88H,6-9,11-13,15-21,23-24,27-28,30-33,42-69,75H2,1-5H3/b14-10-,26-22-,29-25-,38-34-,39-35-,40-36-,41-37-. The van der Waals surface area contributed by atoms with Gasteiger partial charge in [0.2, 0.25) is 0 Å². The minimum atomic E-state index is -0.875. The van der Waals surface area contributed by atoms with Crippen molar-refractivity contribution in [2.45, 2.75) is 367 Å². The van der Waals surface area contributed by atoms with Crippen LogP contribution in [0.2, 0.25) is 0 Å². The fourth-order valence-corrected chi connectivity index (χ4v) is 12.3. The highest BCUT2D eigenvalue weighted by molar-refractivity contribution is 5.76. The third-order valence-electron chi connectivity index (χ3n) is 18.3. The third-order valence-corrected chi connectivity index (χ3v) is 18.3. The molecule has 10 heteroatoms. The van der Waals surface area contributed by atoms with E-state index in [2.05, 4.69) is 113 Å². The van der Waals surface area contributed by atoms with E-state index in [0.29, 0.717) is 47.6 Å². The number of carbonyl (C=O) groups is 4. The summed E-state index contributed by atoms with van der Waals surface area (Å²) in [6.07, 6.45) is 82.3. The number of carbonyl (C=O) groups excluding carboxylic acids is 4. The number of ether oxygens (including phenoxy) is 6. The Kier molecular flexibility index (Phi) is 54.7. The Morgan fingerprint density at radius 1 is 0.367 bits per heavy atom. The van der Waals surface area contributed by atoms with Crippen molar-refractivity contribution in [1.29, 1.82) is 0 Å². The van der Waals surface area contributed by atoms with Crippen molar-refractivity contribution in [1.82, 2.24) is 0 Å². The van der Waals surface area contributed by atoms with E-state index in [9.17, 15) is 19.2 Å². The normalized spacial score (nSPS) is 14.1. The molecule has 98 heavy (non-hydrogen) atoms. The largest absolute Gasteiger partial charge is 0.496 e. The fourth-order valence-electron chi connectivity index (χ4n) is 12.3. The maximum atomic E-state index is 13.9. The van der Waals surface area contributed by atoms with E-state index in [4.69, 9.17) is 28.4 Å². The number of fused-ring (bicyclic) bond motifs is 1. The molecule has 2 unspecified atom stereocenters. The Balaban J connectivity index is 1.75. The average molecular weight is 1360 g/mol. The van der Waals surface area contributed by atoms with Crippen LogP contribution in [0.25, 0.3) is 0 Å². The zero-order valence-corrected chi connectivity index (χ0v) is 62.8. The van der Waals surface area contributed by atoms with E-state index in [0.717, 1.165) is 173 Å². The predicted molar refractivity (Wildman–Crippen MR) is 411 cm³/mol. The first kappa shape index (κ1) is 86.3. The van der Waals surface area contributed by atoms with Gasteiger partial charge in [0.25, 0.3) is 0 Å². The molecule has 1 aliphatic rings. The Hall–Kier alpha value is -5.90. The lowest BCUT2D eigenvalue weighted by molar-refractivity contribution is -0.155. The number of rotatable bonds is 63. The molecule has 1 aliphatic heterocycles. The summed E-state index contributed by atoms with van der Waals surface area (Å²) < 4.78 is 37.4. The van der Waals surface area contributed by atoms with Gasteiger partial charge < -0.3 is 28.4 Å². The van der Waals surface area contributed by atoms with Crippen LogP contribution >= 0.6 is 0 Å². The van der Waals surface area contributed by atoms with Gasteiger partial charge in [-0.2, -0.15) is 0 Å². The maximum Gasteiger partial charge on any atom is 0.311 e. The summed E-state index contributed by atoms with van der Waals surface area (Å²) in [5, 5.41) is 0. The molecule has 550 valence electrons. The topological polar surface area (TPSA) is 124 Å². The van der Waals surface area contributed by atoms with E-state index in [1.54, 1.807) is 37.4 Å². The third kappa shape index (κ3) is 45.7. The van der Waals surface area contributed by atoms with Gasteiger partial charge in [0.1, 0.15) is 23.4 Å². The smallest absolute Gasteiger partial charge is 0.311 e. The van der Waals surface area contributed by atoms with E-state index in [-0.39, 0.29) is 55.5 Å². The Labute approximate surface area is 598 Å². The Bertz CT molecular complexity index is 2560. The van der Waals surface area contributed by atoms with Crippen molar-refractivity contribution in [3.05, 3.63) is 127 Å². The van der Waals surface area contributed by atoms with Gasteiger partial charge in [-0.25, -0.2) is 0 Å². The molecule has 0 bridgehead atoms. The van der Waals surface area contributed by atoms with Gasteiger partial charge in [-0.3, -0.25) is 19.2 Å². The van der Waals surface area contributed by atoms with Gasteiger partial charge >= 0.3 is 23.9 Å². The highest BCUT2D eigenvalue weighted by Crippen LogP contribution is 2.45. The fraction of sp³-hybridized carbons (Fsp3) is 0.659. The molecule has 0 spiro atoms. The molecular weight excluding hydrogens is 1220 g/mol. The summed E-state index contributed by atoms with van der Waals surface area (Å²) in [5.74, 6) is -0.0627. The summed E-state index contributed by atoms with van der Waals surface area (Å²) in [7, 11) is 1.56. The first-order valence-corrected chi connectivity index (χ1v) is 40.1. The van der Waals surface area contributed by atoms with Gasteiger partial charge in [0, 0.05) is 55.4 Å². The monoisotopic (exact) mass is 1360 g/mol. The molecule has 0 aromatic heterocycles. The molecule has 0 saturated heterocycles. The Morgan fingerprint density at radius 3 is 1.14 bits per heavy atom. The summed E-state index contributed by atoms with van der Waals surface area (Å²) in [4.78, 5) is 54.7. The number of benzene rings is 2. The quantitative estimate of drug-likeness (QED) is 0.0274. The zero-order chi connectivity index (χ0) is 70.2. The number of hydrogen-bond donors (Lipinski definition) is 0. The highest BCUT2D eigenvalue weighted by Gasteiger charge is 2.37. The molecule has 2 aromatic carbocycles. The molecule has 2 atom stereocenters. The van der Waals surface area contributed by atoms with Gasteiger partial charge in [-0.1, -0.05) is 273 Å². The van der Waals surface area contributed by atoms with Gasteiger partial charge in [-0.15, -0.1) is 0 Å². The summed E-state index contributed by atoms with van der Waals surface area (Å²) >= 11 is 0. The van der Waals surface area contributed by atoms with Crippen LogP contribution in [0.4, 0.5) is 0 Å². The zero-order valence-electron chi connectivity index (χ0n) is 62.8. The van der Waals surface area contributed by atoms with Gasteiger partial charge in [-0.05, 0) is 153 Å². The molecule has 0 fully saturated rings. The minimum Gasteiger partial charge on any atom is -0.496 e. The summed E-state index contributed by atoms with van der Waals surface area (Å²) in [6.45, 7) is 8.90. The van der Waals surface area contributed by atoms with Crippen molar-refractivity contribution in [3.8, 4) is 28.7 Å². The predicted octanol–water partition coefficient (Wildman–Crippen LogP) is 26.5. The first-order chi connectivity index (χ1) is 48.2. The lowest BCUT2D eigenvalue weighted by Crippen LogP contribution is -2.35. The second kappa shape index (κ2) is 62.1. The molecule has 3 rings (SSSR count). The average Bonchev–Trinajstić information content (AvgIpc) is 0.773. The van der Waals surface area contributed by atoms with Crippen LogP contribution in [0.3, 0.4) is 0 Å². The first-order valence-electron chi connectivity index (χ1n) is 40.1. The van der Waals surface area contributed by atoms with Crippen LogP contribution in [-0.4, -0.2) is 37.1 Å². The van der Waals surface area contributed by atoms with Crippen LogP contribution in [0.15, 0.2) is 115 Å². The molecular formula is C88H138O10. The molecule has 0 saturated carbocycles. The maximum absolute atomic E-state index is 13.9.